The Labute approximate surface area is 144 Å². The van der Waals surface area contributed by atoms with Crippen LogP contribution in [0.2, 0.25) is 0 Å². The third-order valence-electron chi connectivity index (χ3n) is 4.23. The minimum absolute atomic E-state index is 0.108. The number of hydrogen-bond acceptors (Lipinski definition) is 4. The van der Waals surface area contributed by atoms with Gasteiger partial charge in [0, 0.05) is 12.2 Å². The quantitative estimate of drug-likeness (QED) is 0.590. The molecule has 1 aromatic heterocycles. The fraction of sp³-hybridized carbons (Fsp3) is 0.444. The van der Waals surface area contributed by atoms with Crippen molar-refractivity contribution >= 4 is 0 Å². The van der Waals surface area contributed by atoms with E-state index in [0.717, 1.165) is 48.9 Å². The number of aromatic nitrogens is 2. The number of hydrogen-bond donors (Lipinski definition) is 0. The molecule has 134 valence electrons. The molecular weight excluding hydrogens is 333 g/mol. The van der Waals surface area contributed by atoms with Crippen LogP contribution in [0.4, 0.5) is 13.2 Å². The maximum absolute atomic E-state index is 13.0. The molecule has 0 atom stereocenters. The van der Waals surface area contributed by atoms with E-state index in [4.69, 9.17) is 9.47 Å². The highest BCUT2D eigenvalue weighted by Gasteiger charge is 2.32. The van der Waals surface area contributed by atoms with Crippen LogP contribution in [0, 0.1) is 0 Å². The number of halogens is 3. The van der Waals surface area contributed by atoms with Crippen molar-refractivity contribution in [3.05, 3.63) is 41.1 Å². The Bertz CT molecular complexity index is 748. The largest absolute Gasteiger partial charge is 0.467 e. The van der Waals surface area contributed by atoms with Crippen LogP contribution in [0.3, 0.4) is 0 Å². The standard InChI is InChI=1S/C18H19F3N2O2/c1-2-24-11-25-16-9-13(18(19,20)21)7-8-15(16)17-14-6-4-3-5-12(14)10-22-23-17/h7-10H,2-6,11H2,1H3. The van der Waals surface area contributed by atoms with Crippen LogP contribution in [-0.2, 0) is 23.8 Å². The minimum Gasteiger partial charge on any atom is -0.467 e. The first-order valence-electron chi connectivity index (χ1n) is 8.26. The normalized spacial score (nSPS) is 14.2. The average Bonchev–Trinajstić information content (AvgIpc) is 2.61. The molecule has 0 aliphatic heterocycles. The molecule has 2 aromatic rings. The second kappa shape index (κ2) is 7.39. The summed E-state index contributed by atoms with van der Waals surface area (Å²) >= 11 is 0. The predicted molar refractivity (Wildman–Crippen MR) is 86.2 cm³/mol. The number of nitrogens with zero attached hydrogens (tertiary/aromatic N) is 2. The SMILES string of the molecule is CCOCOc1cc(C(F)(F)F)ccc1-c1nncc2c1CCCC2. The molecule has 0 saturated carbocycles. The van der Waals surface area contributed by atoms with Crippen LogP contribution < -0.4 is 4.74 Å². The number of fused-ring (bicyclic) bond motifs is 1. The van der Waals surface area contributed by atoms with Crippen LogP contribution in [0.5, 0.6) is 5.75 Å². The molecule has 25 heavy (non-hydrogen) atoms. The first-order chi connectivity index (χ1) is 12.0. The van der Waals surface area contributed by atoms with Gasteiger partial charge in [-0.3, -0.25) is 0 Å². The van der Waals surface area contributed by atoms with Crippen molar-refractivity contribution in [2.24, 2.45) is 0 Å². The molecule has 7 heteroatoms. The molecule has 0 radical (unpaired) electrons. The summed E-state index contributed by atoms with van der Waals surface area (Å²) in [6.45, 7) is 2.08. The van der Waals surface area contributed by atoms with Gasteiger partial charge >= 0.3 is 6.18 Å². The van der Waals surface area contributed by atoms with Crippen molar-refractivity contribution < 1.29 is 22.6 Å². The Morgan fingerprint density at radius 3 is 2.72 bits per heavy atom. The Morgan fingerprint density at radius 2 is 1.96 bits per heavy atom. The van der Waals surface area contributed by atoms with Crippen molar-refractivity contribution in [2.45, 2.75) is 38.8 Å². The highest BCUT2D eigenvalue weighted by Crippen LogP contribution is 2.39. The molecule has 0 fully saturated rings. The van der Waals surface area contributed by atoms with Crippen molar-refractivity contribution in [3.63, 3.8) is 0 Å². The average molecular weight is 352 g/mol. The van der Waals surface area contributed by atoms with Gasteiger partial charge in [-0.2, -0.15) is 23.4 Å². The Balaban J connectivity index is 2.05. The Hall–Kier alpha value is -2.15. The van der Waals surface area contributed by atoms with E-state index in [1.807, 2.05) is 0 Å². The molecule has 1 heterocycles. The lowest BCUT2D eigenvalue weighted by molar-refractivity contribution is -0.137. The summed E-state index contributed by atoms with van der Waals surface area (Å²) in [5.74, 6) is 0.108. The van der Waals surface area contributed by atoms with Gasteiger partial charge in [0.1, 0.15) is 11.4 Å². The molecule has 3 rings (SSSR count). The maximum Gasteiger partial charge on any atom is 0.416 e. The molecule has 0 N–H and O–H groups in total. The third kappa shape index (κ3) is 3.92. The van der Waals surface area contributed by atoms with E-state index in [1.165, 1.54) is 6.07 Å². The summed E-state index contributed by atoms with van der Waals surface area (Å²) in [6, 6.07) is 3.45. The number of ether oxygens (including phenoxy) is 2. The zero-order valence-corrected chi connectivity index (χ0v) is 13.9. The monoisotopic (exact) mass is 352 g/mol. The van der Waals surface area contributed by atoms with E-state index >= 15 is 0 Å². The van der Waals surface area contributed by atoms with Gasteiger partial charge in [0.25, 0.3) is 0 Å². The highest BCUT2D eigenvalue weighted by molar-refractivity contribution is 5.71. The first kappa shape index (κ1) is 17.7. The second-order valence-electron chi connectivity index (χ2n) is 5.87. The predicted octanol–water partition coefficient (Wildman–Crippen LogP) is 4.41. The van der Waals surface area contributed by atoms with Crippen LogP contribution in [0.1, 0.15) is 36.5 Å². The van der Waals surface area contributed by atoms with Gasteiger partial charge in [0.05, 0.1) is 11.8 Å². The van der Waals surface area contributed by atoms with Crippen molar-refractivity contribution in [1.82, 2.24) is 10.2 Å². The summed E-state index contributed by atoms with van der Waals surface area (Å²) in [5.41, 5.74) is 2.49. The highest BCUT2D eigenvalue weighted by atomic mass is 19.4. The zero-order valence-electron chi connectivity index (χ0n) is 13.9. The van der Waals surface area contributed by atoms with Crippen LogP contribution >= 0.6 is 0 Å². The number of alkyl halides is 3. The molecule has 1 aromatic carbocycles. The Morgan fingerprint density at radius 1 is 1.16 bits per heavy atom. The molecule has 1 aliphatic carbocycles. The first-order valence-corrected chi connectivity index (χ1v) is 8.26. The minimum atomic E-state index is -4.44. The molecule has 1 aliphatic rings. The van der Waals surface area contributed by atoms with E-state index in [0.29, 0.717) is 17.9 Å². The lowest BCUT2D eigenvalue weighted by Gasteiger charge is -2.20. The van der Waals surface area contributed by atoms with Gasteiger partial charge in [-0.25, -0.2) is 0 Å². The van der Waals surface area contributed by atoms with Gasteiger partial charge in [-0.05, 0) is 61.9 Å². The van der Waals surface area contributed by atoms with Gasteiger partial charge in [0.15, 0.2) is 6.79 Å². The summed E-state index contributed by atoms with van der Waals surface area (Å²) in [4.78, 5) is 0. The van der Waals surface area contributed by atoms with Crippen molar-refractivity contribution in [2.75, 3.05) is 13.4 Å². The lowest BCUT2D eigenvalue weighted by atomic mass is 9.89. The summed E-state index contributed by atoms with van der Waals surface area (Å²) < 4.78 is 49.7. The van der Waals surface area contributed by atoms with Gasteiger partial charge in [-0.1, -0.05) is 0 Å². The van der Waals surface area contributed by atoms with Crippen molar-refractivity contribution in [1.29, 1.82) is 0 Å². The molecule has 4 nitrogen and oxygen atoms in total. The van der Waals surface area contributed by atoms with E-state index in [9.17, 15) is 13.2 Å². The number of aryl methyl sites for hydroxylation is 1. The maximum atomic E-state index is 13.0. The van der Waals surface area contributed by atoms with Crippen LogP contribution in [0.25, 0.3) is 11.3 Å². The van der Waals surface area contributed by atoms with Gasteiger partial charge in [-0.15, -0.1) is 0 Å². The number of benzene rings is 1. The fourth-order valence-electron chi connectivity index (χ4n) is 2.98. The number of rotatable bonds is 5. The third-order valence-corrected chi connectivity index (χ3v) is 4.23. The smallest absolute Gasteiger partial charge is 0.416 e. The Kier molecular flexibility index (Phi) is 5.22. The van der Waals surface area contributed by atoms with Gasteiger partial charge < -0.3 is 9.47 Å². The summed E-state index contributed by atoms with van der Waals surface area (Å²) in [5, 5.41) is 8.22. The zero-order chi connectivity index (χ0) is 17.9. The summed E-state index contributed by atoms with van der Waals surface area (Å²) in [6.07, 6.45) is 1.16. The molecule has 0 unspecified atom stereocenters. The van der Waals surface area contributed by atoms with E-state index in [2.05, 4.69) is 10.2 Å². The molecule has 0 saturated heterocycles. The summed E-state index contributed by atoms with van der Waals surface area (Å²) in [7, 11) is 0. The fourth-order valence-corrected chi connectivity index (χ4v) is 2.98. The molecular formula is C18H19F3N2O2. The lowest BCUT2D eigenvalue weighted by Crippen LogP contribution is -2.10. The van der Waals surface area contributed by atoms with Crippen LogP contribution in [-0.4, -0.2) is 23.6 Å². The van der Waals surface area contributed by atoms with Gasteiger partial charge in [0.2, 0.25) is 0 Å². The van der Waals surface area contributed by atoms with Crippen LogP contribution in [0.15, 0.2) is 24.4 Å². The molecule has 0 amide bonds. The molecule has 0 bridgehead atoms. The second-order valence-corrected chi connectivity index (χ2v) is 5.87. The van der Waals surface area contributed by atoms with E-state index in [1.54, 1.807) is 13.1 Å². The topological polar surface area (TPSA) is 44.2 Å². The molecule has 0 spiro atoms. The van der Waals surface area contributed by atoms with Crippen molar-refractivity contribution in [3.8, 4) is 17.0 Å². The van der Waals surface area contributed by atoms with E-state index < -0.39 is 11.7 Å². The van der Waals surface area contributed by atoms with E-state index in [-0.39, 0.29) is 12.5 Å².